The van der Waals surface area contributed by atoms with Crippen LogP contribution >= 0.6 is 11.6 Å². The highest BCUT2D eigenvalue weighted by atomic mass is 35.5. The number of nitrogens with one attached hydrogen (secondary N) is 2. The van der Waals surface area contributed by atoms with Gasteiger partial charge in [-0.25, -0.2) is 5.43 Å². The molecule has 3 atom stereocenters. The van der Waals surface area contributed by atoms with E-state index >= 15 is 0 Å². The van der Waals surface area contributed by atoms with E-state index in [1.54, 1.807) is 45.3 Å². The number of nitrogens with two attached hydrogens (primary N) is 1. The molecule has 32 heavy (non-hydrogen) atoms. The zero-order valence-corrected chi connectivity index (χ0v) is 19.2. The maximum absolute atomic E-state index is 12.8. The summed E-state index contributed by atoms with van der Waals surface area (Å²) in [7, 11) is 0. The van der Waals surface area contributed by atoms with Crippen molar-refractivity contribution < 1.29 is 19.1 Å². The van der Waals surface area contributed by atoms with Gasteiger partial charge in [-0.05, 0) is 45.2 Å². The van der Waals surface area contributed by atoms with Crippen molar-refractivity contribution in [3.63, 3.8) is 0 Å². The molecular formula is C20H30ClN7O4. The first-order valence-electron chi connectivity index (χ1n) is 10.3. The van der Waals surface area contributed by atoms with Crippen molar-refractivity contribution in [2.75, 3.05) is 13.2 Å². The van der Waals surface area contributed by atoms with Crippen molar-refractivity contribution in [2.45, 2.75) is 63.0 Å². The van der Waals surface area contributed by atoms with Gasteiger partial charge in [0.25, 0.3) is 5.91 Å². The SMILES string of the molecule is C[C@H](NC(=O)[C@H](Cc1cccnc1)N=NN)C(=O)N1CCC[C@@H](C(=O)OCC(C)(C)Cl)N1. The molecule has 1 fully saturated rings. The van der Waals surface area contributed by atoms with Gasteiger partial charge in [0.2, 0.25) is 5.91 Å². The van der Waals surface area contributed by atoms with Gasteiger partial charge in [0, 0.05) is 25.4 Å². The summed E-state index contributed by atoms with van der Waals surface area (Å²) in [6.07, 6.45) is 4.59. The molecule has 0 saturated carbocycles. The van der Waals surface area contributed by atoms with Crippen LogP contribution in [0, 0.1) is 0 Å². The molecule has 2 rings (SSSR count). The summed E-state index contributed by atoms with van der Waals surface area (Å²) >= 11 is 6.06. The third-order valence-electron chi connectivity index (χ3n) is 4.68. The highest BCUT2D eigenvalue weighted by Crippen LogP contribution is 2.15. The van der Waals surface area contributed by atoms with E-state index in [1.807, 2.05) is 0 Å². The number of carbonyl (C=O) groups excluding carboxylic acids is 3. The monoisotopic (exact) mass is 467 g/mol. The molecule has 1 aromatic rings. The minimum Gasteiger partial charge on any atom is -0.463 e. The van der Waals surface area contributed by atoms with E-state index in [9.17, 15) is 14.4 Å². The fraction of sp³-hybridized carbons (Fsp3) is 0.600. The lowest BCUT2D eigenvalue weighted by molar-refractivity contribution is -0.153. The molecule has 1 aliphatic rings. The van der Waals surface area contributed by atoms with E-state index in [1.165, 1.54) is 5.01 Å². The molecule has 1 aliphatic heterocycles. The van der Waals surface area contributed by atoms with Crippen molar-refractivity contribution in [1.82, 2.24) is 20.7 Å². The molecule has 12 heteroatoms. The Morgan fingerprint density at radius 3 is 2.84 bits per heavy atom. The summed E-state index contributed by atoms with van der Waals surface area (Å²) < 4.78 is 5.23. The largest absolute Gasteiger partial charge is 0.463 e. The second kappa shape index (κ2) is 11.7. The molecule has 0 aromatic carbocycles. The Morgan fingerprint density at radius 1 is 1.47 bits per heavy atom. The second-order valence-corrected chi connectivity index (χ2v) is 9.21. The topological polar surface area (TPSA) is 151 Å². The number of carbonyl (C=O) groups is 3. The molecule has 0 radical (unpaired) electrons. The first-order chi connectivity index (χ1) is 15.1. The molecule has 2 amide bonds. The van der Waals surface area contributed by atoms with Crippen LogP contribution in [0.4, 0.5) is 0 Å². The van der Waals surface area contributed by atoms with Crippen LogP contribution in [-0.4, -0.2) is 63.9 Å². The zero-order valence-electron chi connectivity index (χ0n) is 18.5. The van der Waals surface area contributed by atoms with Crippen LogP contribution < -0.4 is 16.6 Å². The first kappa shape index (κ1) is 25.5. The molecule has 0 aliphatic carbocycles. The van der Waals surface area contributed by atoms with Gasteiger partial charge in [-0.2, -0.15) is 5.11 Å². The smallest absolute Gasteiger partial charge is 0.325 e. The number of aromatic nitrogens is 1. The Morgan fingerprint density at radius 2 is 2.22 bits per heavy atom. The molecule has 176 valence electrons. The Kier molecular flexibility index (Phi) is 9.33. The van der Waals surface area contributed by atoms with Crippen LogP contribution in [0.3, 0.4) is 0 Å². The maximum Gasteiger partial charge on any atom is 0.325 e. The van der Waals surface area contributed by atoms with E-state index in [4.69, 9.17) is 22.2 Å². The van der Waals surface area contributed by atoms with Crippen LogP contribution in [0.2, 0.25) is 0 Å². The number of alkyl halides is 1. The van der Waals surface area contributed by atoms with Crippen molar-refractivity contribution in [3.8, 4) is 0 Å². The van der Waals surface area contributed by atoms with Crippen LogP contribution in [0.5, 0.6) is 0 Å². The molecule has 11 nitrogen and oxygen atoms in total. The van der Waals surface area contributed by atoms with Crippen LogP contribution in [0.25, 0.3) is 0 Å². The van der Waals surface area contributed by atoms with Gasteiger partial charge < -0.3 is 15.9 Å². The summed E-state index contributed by atoms with van der Waals surface area (Å²) in [4.78, 5) is 41.1. The second-order valence-electron chi connectivity index (χ2n) is 8.18. The lowest BCUT2D eigenvalue weighted by atomic mass is 10.1. The summed E-state index contributed by atoms with van der Waals surface area (Å²) in [5.41, 5.74) is 3.66. The average molecular weight is 468 g/mol. The summed E-state index contributed by atoms with van der Waals surface area (Å²) in [6.45, 7) is 5.48. The molecule has 1 aromatic heterocycles. The fourth-order valence-electron chi connectivity index (χ4n) is 3.07. The van der Waals surface area contributed by atoms with E-state index in [0.717, 1.165) is 5.56 Å². The number of esters is 1. The van der Waals surface area contributed by atoms with Gasteiger partial charge in [-0.3, -0.25) is 24.4 Å². The Bertz CT molecular complexity index is 816. The third-order valence-corrected chi connectivity index (χ3v) is 4.79. The normalized spacial score (nSPS) is 18.8. The number of hydrazine groups is 1. The number of hydrogen-bond donors (Lipinski definition) is 3. The molecule has 1 saturated heterocycles. The molecule has 0 unspecified atom stereocenters. The van der Waals surface area contributed by atoms with Crippen LogP contribution in [0.15, 0.2) is 34.9 Å². The number of halogens is 1. The number of rotatable bonds is 9. The number of nitrogens with zero attached hydrogens (tertiary/aromatic N) is 4. The minimum absolute atomic E-state index is 0.0555. The first-order valence-corrected chi connectivity index (χ1v) is 10.7. The molecular weight excluding hydrogens is 438 g/mol. The Hall–Kier alpha value is -2.79. The van der Waals surface area contributed by atoms with Crippen molar-refractivity contribution >= 4 is 29.4 Å². The van der Waals surface area contributed by atoms with E-state index in [-0.39, 0.29) is 13.0 Å². The number of hydrogen-bond acceptors (Lipinski definition) is 8. The highest BCUT2D eigenvalue weighted by molar-refractivity contribution is 6.23. The van der Waals surface area contributed by atoms with Gasteiger partial charge in [-0.1, -0.05) is 11.3 Å². The van der Waals surface area contributed by atoms with Gasteiger partial charge >= 0.3 is 5.97 Å². The van der Waals surface area contributed by atoms with Gasteiger partial charge in [0.05, 0.1) is 4.87 Å². The molecule has 0 spiro atoms. The van der Waals surface area contributed by atoms with Crippen molar-refractivity contribution in [3.05, 3.63) is 30.1 Å². The summed E-state index contributed by atoms with van der Waals surface area (Å²) in [5.74, 6) is 3.78. The summed E-state index contributed by atoms with van der Waals surface area (Å²) in [5, 5.41) is 11.0. The highest BCUT2D eigenvalue weighted by Gasteiger charge is 2.33. The lowest BCUT2D eigenvalue weighted by Crippen LogP contribution is -2.60. The Labute approximate surface area is 192 Å². The van der Waals surface area contributed by atoms with Gasteiger partial charge in [-0.15, -0.1) is 11.6 Å². The standard InChI is InChI=1S/C20H30ClN7O4/c1-13(24-17(29)16(25-27-22)10-14-6-4-8-23-11-14)18(30)28-9-5-7-15(26-28)19(31)32-12-20(2,3)21/h4,6,8,11,13,15-16,26H,5,7,9-10,12H2,1-3H3,(H2,22,25)(H,24,29)/t13-,15-,16-/m0/s1. The number of pyridine rings is 1. The fourth-order valence-corrected chi connectivity index (χ4v) is 3.13. The van der Waals surface area contributed by atoms with E-state index in [2.05, 4.69) is 26.1 Å². The predicted molar refractivity (Wildman–Crippen MR) is 117 cm³/mol. The molecule has 4 N–H and O–H groups in total. The molecule has 2 heterocycles. The van der Waals surface area contributed by atoms with Gasteiger partial charge in [0.1, 0.15) is 18.7 Å². The zero-order chi connectivity index (χ0) is 23.7. The Balaban J connectivity index is 1.93. The van der Waals surface area contributed by atoms with Crippen LogP contribution in [-0.2, 0) is 25.5 Å². The van der Waals surface area contributed by atoms with E-state index < -0.39 is 40.8 Å². The molecule has 0 bridgehead atoms. The van der Waals surface area contributed by atoms with Crippen molar-refractivity contribution in [1.29, 1.82) is 0 Å². The van der Waals surface area contributed by atoms with E-state index in [0.29, 0.717) is 19.4 Å². The minimum atomic E-state index is -0.907. The van der Waals surface area contributed by atoms with Gasteiger partial charge in [0.15, 0.2) is 6.04 Å². The van der Waals surface area contributed by atoms with Crippen LogP contribution in [0.1, 0.15) is 39.2 Å². The number of ether oxygens (including phenoxy) is 1. The predicted octanol–water partition coefficient (Wildman–Crippen LogP) is 0.880. The quantitative estimate of drug-likeness (QED) is 0.160. The summed E-state index contributed by atoms with van der Waals surface area (Å²) in [6, 6.07) is 1.11. The average Bonchev–Trinajstić information content (AvgIpc) is 2.76. The lowest BCUT2D eigenvalue weighted by Gasteiger charge is -2.34. The maximum atomic E-state index is 12.8. The third kappa shape index (κ3) is 8.04. The van der Waals surface area contributed by atoms with Crippen molar-refractivity contribution in [2.24, 2.45) is 16.2 Å². The number of amides is 2.